The Kier molecular flexibility index (Phi) is 6.34. The van der Waals surface area contributed by atoms with Gasteiger partial charge in [-0.3, -0.25) is 25.0 Å². The first kappa shape index (κ1) is 19.0. The number of hydrogen-bond acceptors (Lipinski definition) is 5. The molecule has 0 aromatic heterocycles. The van der Waals surface area contributed by atoms with Crippen LogP contribution in [0.4, 0.5) is 11.4 Å². The molecule has 26 heavy (non-hydrogen) atoms. The second-order valence-corrected chi connectivity index (χ2v) is 5.67. The highest BCUT2D eigenvalue weighted by Gasteiger charge is 2.11. The Labute approximate surface area is 154 Å². The van der Waals surface area contributed by atoms with Gasteiger partial charge in [0.05, 0.1) is 11.3 Å². The molecule has 3 N–H and O–H groups in total. The van der Waals surface area contributed by atoms with Crippen molar-refractivity contribution in [2.75, 3.05) is 12.4 Å². The van der Waals surface area contributed by atoms with Crippen LogP contribution < -0.4 is 16.0 Å². The van der Waals surface area contributed by atoms with Crippen molar-refractivity contribution in [3.8, 4) is 0 Å². The fraction of sp³-hybridized carbons (Fsp3) is 0.118. The van der Waals surface area contributed by atoms with E-state index in [1.54, 1.807) is 31.3 Å². The molecular weight excluding hydrogens is 356 g/mol. The van der Waals surface area contributed by atoms with Crippen LogP contribution in [0.25, 0.3) is 0 Å². The summed E-state index contributed by atoms with van der Waals surface area (Å²) in [6.07, 6.45) is 0.276. The molecule has 2 aromatic carbocycles. The van der Waals surface area contributed by atoms with Crippen molar-refractivity contribution in [3.05, 3.63) is 69.8 Å². The van der Waals surface area contributed by atoms with Gasteiger partial charge in [-0.1, -0.05) is 12.1 Å². The highest BCUT2D eigenvalue weighted by atomic mass is 32.1. The summed E-state index contributed by atoms with van der Waals surface area (Å²) in [5.74, 6) is -0.565. The lowest BCUT2D eigenvalue weighted by Gasteiger charge is -2.10. The molecule has 0 atom stereocenters. The number of rotatable bonds is 5. The number of carbonyl (C=O) groups excluding carboxylic acids is 2. The van der Waals surface area contributed by atoms with Gasteiger partial charge < -0.3 is 10.6 Å². The number of nitrogens with one attached hydrogen (secondary N) is 3. The van der Waals surface area contributed by atoms with Crippen LogP contribution in [0.15, 0.2) is 48.5 Å². The number of amides is 2. The van der Waals surface area contributed by atoms with Crippen molar-refractivity contribution in [2.45, 2.75) is 6.42 Å². The number of non-ortho nitro benzene ring substituents is 1. The molecule has 0 radical (unpaired) electrons. The third-order valence-electron chi connectivity index (χ3n) is 3.42. The zero-order valence-corrected chi connectivity index (χ0v) is 14.6. The minimum atomic E-state index is -0.540. The van der Waals surface area contributed by atoms with Crippen molar-refractivity contribution < 1.29 is 14.5 Å². The fourth-order valence-electron chi connectivity index (χ4n) is 2.05. The van der Waals surface area contributed by atoms with E-state index in [1.165, 1.54) is 24.3 Å². The Morgan fingerprint density at radius 2 is 1.69 bits per heavy atom. The molecule has 2 amide bonds. The summed E-state index contributed by atoms with van der Waals surface area (Å²) in [5.41, 5.74) is 1.65. The Morgan fingerprint density at radius 1 is 1.08 bits per heavy atom. The molecule has 2 rings (SSSR count). The quantitative estimate of drug-likeness (QED) is 0.420. The van der Waals surface area contributed by atoms with E-state index in [1.807, 2.05) is 0 Å². The molecule has 0 bridgehead atoms. The van der Waals surface area contributed by atoms with Gasteiger partial charge in [0.15, 0.2) is 5.11 Å². The highest BCUT2D eigenvalue weighted by Crippen LogP contribution is 2.12. The molecule has 0 unspecified atom stereocenters. The summed E-state index contributed by atoms with van der Waals surface area (Å²) in [7, 11) is 1.57. The van der Waals surface area contributed by atoms with Crippen LogP contribution in [-0.2, 0) is 11.2 Å². The zero-order chi connectivity index (χ0) is 19.1. The number of nitro groups is 1. The van der Waals surface area contributed by atoms with E-state index in [2.05, 4.69) is 16.0 Å². The summed E-state index contributed by atoms with van der Waals surface area (Å²) < 4.78 is 0. The van der Waals surface area contributed by atoms with Crippen LogP contribution in [-0.4, -0.2) is 28.9 Å². The van der Waals surface area contributed by atoms with Gasteiger partial charge in [0.1, 0.15) is 0 Å². The molecule has 9 heteroatoms. The summed E-state index contributed by atoms with van der Waals surface area (Å²) >= 11 is 5.09. The van der Waals surface area contributed by atoms with E-state index in [4.69, 9.17) is 12.2 Å². The smallest absolute Gasteiger partial charge is 0.269 e. The molecule has 8 nitrogen and oxygen atoms in total. The number of nitrogens with zero attached hydrogens (tertiary/aromatic N) is 1. The number of carbonyl (C=O) groups is 2. The number of hydrogen-bond donors (Lipinski definition) is 3. The maximum Gasteiger partial charge on any atom is 0.269 e. The van der Waals surface area contributed by atoms with Crippen LogP contribution in [0.3, 0.4) is 0 Å². The maximum absolute atomic E-state index is 12.1. The number of thiocarbonyl (C=S) groups is 1. The third kappa shape index (κ3) is 5.35. The SMILES string of the molecule is CNC(=O)Cc1ccc(NC(=S)NC(=O)c2ccc([N+](=O)[O-])cc2)cc1. The van der Waals surface area contributed by atoms with Gasteiger partial charge in [0, 0.05) is 30.4 Å². The maximum atomic E-state index is 12.1. The van der Waals surface area contributed by atoms with Gasteiger partial charge in [-0.15, -0.1) is 0 Å². The minimum Gasteiger partial charge on any atom is -0.359 e. The Bertz CT molecular complexity index is 835. The monoisotopic (exact) mass is 372 g/mol. The summed E-state index contributed by atoms with van der Waals surface area (Å²) in [6, 6.07) is 12.2. The molecule has 0 saturated heterocycles. The number of likely N-dealkylation sites (N-methyl/N-ethyl adjacent to an activating group) is 1. The first-order valence-corrected chi connectivity index (χ1v) is 7.96. The van der Waals surface area contributed by atoms with E-state index < -0.39 is 10.8 Å². The summed E-state index contributed by atoms with van der Waals surface area (Å²) in [6.45, 7) is 0. The summed E-state index contributed by atoms with van der Waals surface area (Å²) in [4.78, 5) is 33.5. The van der Waals surface area contributed by atoms with Gasteiger partial charge in [0.25, 0.3) is 11.6 Å². The van der Waals surface area contributed by atoms with Crippen molar-refractivity contribution >= 4 is 40.5 Å². The lowest BCUT2D eigenvalue weighted by molar-refractivity contribution is -0.384. The molecular formula is C17H16N4O4S. The Hall–Kier alpha value is -3.33. The standard InChI is InChI=1S/C17H16N4O4S/c1-18-15(22)10-11-2-6-13(7-3-11)19-17(26)20-16(23)12-4-8-14(9-5-12)21(24)25/h2-9H,10H2,1H3,(H,18,22)(H2,19,20,23,26). The number of anilines is 1. The first-order chi connectivity index (χ1) is 12.4. The first-order valence-electron chi connectivity index (χ1n) is 7.55. The van der Waals surface area contributed by atoms with Gasteiger partial charge in [-0.05, 0) is 42.0 Å². The van der Waals surface area contributed by atoms with E-state index >= 15 is 0 Å². The predicted octanol–water partition coefficient (Wildman–Crippen LogP) is 2.01. The number of benzene rings is 2. The van der Waals surface area contributed by atoms with Gasteiger partial charge in [-0.2, -0.15) is 0 Å². The van der Waals surface area contributed by atoms with Crippen molar-refractivity contribution in [3.63, 3.8) is 0 Å². The normalized spacial score (nSPS) is 9.88. The van der Waals surface area contributed by atoms with Crippen LogP contribution >= 0.6 is 12.2 Å². The predicted molar refractivity (Wildman–Crippen MR) is 101 cm³/mol. The molecule has 0 aliphatic heterocycles. The average molecular weight is 372 g/mol. The average Bonchev–Trinajstić information content (AvgIpc) is 2.63. The van der Waals surface area contributed by atoms with Gasteiger partial charge >= 0.3 is 0 Å². The Balaban J connectivity index is 1.92. The van der Waals surface area contributed by atoms with Crippen molar-refractivity contribution in [1.29, 1.82) is 0 Å². The second kappa shape index (κ2) is 8.67. The van der Waals surface area contributed by atoms with Crippen LogP contribution in [0.1, 0.15) is 15.9 Å². The topological polar surface area (TPSA) is 113 Å². The number of nitro benzene ring substituents is 1. The highest BCUT2D eigenvalue weighted by molar-refractivity contribution is 7.80. The van der Waals surface area contributed by atoms with E-state index in [9.17, 15) is 19.7 Å². The van der Waals surface area contributed by atoms with Crippen molar-refractivity contribution in [2.24, 2.45) is 0 Å². The summed E-state index contributed by atoms with van der Waals surface area (Å²) in [5, 5.41) is 18.6. The lowest BCUT2D eigenvalue weighted by Crippen LogP contribution is -2.34. The van der Waals surface area contributed by atoms with Gasteiger partial charge in [0.2, 0.25) is 5.91 Å². The molecule has 0 heterocycles. The molecule has 0 aliphatic rings. The third-order valence-corrected chi connectivity index (χ3v) is 3.63. The molecule has 2 aromatic rings. The van der Waals surface area contributed by atoms with E-state index in [0.717, 1.165) is 5.56 Å². The molecule has 0 spiro atoms. The van der Waals surface area contributed by atoms with Gasteiger partial charge in [-0.25, -0.2) is 0 Å². The zero-order valence-electron chi connectivity index (χ0n) is 13.8. The Morgan fingerprint density at radius 3 is 2.23 bits per heavy atom. The van der Waals surface area contributed by atoms with Crippen LogP contribution in [0.5, 0.6) is 0 Å². The fourth-order valence-corrected chi connectivity index (χ4v) is 2.26. The van der Waals surface area contributed by atoms with E-state index in [-0.39, 0.29) is 28.7 Å². The lowest BCUT2D eigenvalue weighted by atomic mass is 10.1. The van der Waals surface area contributed by atoms with Crippen LogP contribution in [0, 0.1) is 10.1 Å². The van der Waals surface area contributed by atoms with Crippen LogP contribution in [0.2, 0.25) is 0 Å². The second-order valence-electron chi connectivity index (χ2n) is 5.26. The largest absolute Gasteiger partial charge is 0.359 e. The molecule has 0 aliphatic carbocycles. The minimum absolute atomic E-state index is 0.0865. The van der Waals surface area contributed by atoms with Crippen molar-refractivity contribution in [1.82, 2.24) is 10.6 Å². The molecule has 134 valence electrons. The molecule has 0 fully saturated rings. The van der Waals surface area contributed by atoms with E-state index in [0.29, 0.717) is 5.69 Å². The molecule has 0 saturated carbocycles.